The summed E-state index contributed by atoms with van der Waals surface area (Å²) in [7, 11) is 1.25. The van der Waals surface area contributed by atoms with E-state index in [2.05, 4.69) is 0 Å². The van der Waals surface area contributed by atoms with Crippen molar-refractivity contribution >= 4 is 23.5 Å². The molecule has 0 saturated heterocycles. The molecule has 0 aromatic carbocycles. The zero-order chi connectivity index (χ0) is 25.0. The average Bonchev–Trinajstić information content (AvgIpc) is 3.02. The lowest BCUT2D eigenvalue weighted by Gasteiger charge is -2.16. The Balaban J connectivity index is 2.20. The number of nitrogens with zero attached hydrogens (tertiary/aromatic N) is 3. The van der Waals surface area contributed by atoms with Gasteiger partial charge in [0.05, 0.1) is 12.2 Å². The van der Waals surface area contributed by atoms with Gasteiger partial charge in [0.1, 0.15) is 17.9 Å². The molecule has 11 heteroatoms. The molecule has 0 radical (unpaired) electrons. The van der Waals surface area contributed by atoms with Crippen molar-refractivity contribution in [3.63, 3.8) is 0 Å². The van der Waals surface area contributed by atoms with Crippen LogP contribution in [0.4, 0.5) is 5.82 Å². The van der Waals surface area contributed by atoms with E-state index in [1.54, 1.807) is 31.4 Å². The van der Waals surface area contributed by atoms with Crippen molar-refractivity contribution in [1.29, 1.82) is 0 Å². The third-order valence-corrected chi connectivity index (χ3v) is 5.13. The van der Waals surface area contributed by atoms with Crippen LogP contribution in [-0.4, -0.2) is 44.6 Å². The van der Waals surface area contributed by atoms with E-state index in [-0.39, 0.29) is 31.4 Å². The zero-order valence-corrected chi connectivity index (χ0v) is 19.8. The van der Waals surface area contributed by atoms with E-state index in [4.69, 9.17) is 15.2 Å². The number of carbonyl (C=O) groups is 3. The highest BCUT2D eigenvalue weighted by molar-refractivity contribution is 6.01. The van der Waals surface area contributed by atoms with Crippen LogP contribution in [0.5, 0.6) is 0 Å². The topological polar surface area (TPSA) is 145 Å². The number of carbonyl (C=O) groups excluding carboxylic acids is 3. The maximum atomic E-state index is 12.7. The summed E-state index contributed by atoms with van der Waals surface area (Å²) in [6.45, 7) is 8.27. The number of rotatable bonds is 9. The van der Waals surface area contributed by atoms with Crippen LogP contribution in [0.2, 0.25) is 0 Å². The van der Waals surface area contributed by atoms with E-state index in [0.29, 0.717) is 17.0 Å². The van der Waals surface area contributed by atoms with Crippen molar-refractivity contribution in [3.05, 3.63) is 49.4 Å². The first kappa shape index (κ1) is 25.6. The summed E-state index contributed by atoms with van der Waals surface area (Å²) < 4.78 is 13.6. The second kappa shape index (κ2) is 10.3. The molecule has 180 valence electrons. The maximum absolute atomic E-state index is 12.7. The molecular weight excluding hydrogens is 432 g/mol. The molecule has 11 nitrogen and oxygen atoms in total. The predicted molar refractivity (Wildman–Crippen MR) is 120 cm³/mol. The first-order chi connectivity index (χ1) is 15.4. The number of nitrogens with two attached hydrogens (primary N) is 1. The number of hydrogen-bond donors (Lipinski definition) is 1. The van der Waals surface area contributed by atoms with Gasteiger partial charge in [-0.1, -0.05) is 13.8 Å². The number of hydrogen-bond acceptors (Lipinski definition) is 8. The highest BCUT2D eigenvalue weighted by Crippen LogP contribution is 2.16. The smallest absolute Gasteiger partial charge is 0.339 e. The first-order valence-corrected chi connectivity index (χ1v) is 10.5. The fourth-order valence-corrected chi connectivity index (χ4v) is 3.44. The fraction of sp³-hybridized carbons (Fsp3) is 0.500. The van der Waals surface area contributed by atoms with Gasteiger partial charge < -0.3 is 19.8 Å². The van der Waals surface area contributed by atoms with E-state index in [1.807, 2.05) is 13.8 Å². The number of aromatic nitrogens is 3. The lowest BCUT2D eigenvalue weighted by atomic mass is 10.1. The van der Waals surface area contributed by atoms with Crippen LogP contribution in [0.15, 0.2) is 15.7 Å². The van der Waals surface area contributed by atoms with Gasteiger partial charge in [-0.05, 0) is 32.8 Å². The lowest BCUT2D eigenvalue weighted by molar-refractivity contribution is -0.143. The van der Waals surface area contributed by atoms with Gasteiger partial charge in [0, 0.05) is 25.0 Å². The van der Waals surface area contributed by atoms with Crippen LogP contribution in [0.3, 0.4) is 0 Å². The molecule has 0 aliphatic rings. The highest BCUT2D eigenvalue weighted by Gasteiger charge is 2.24. The Bertz CT molecular complexity index is 1200. The SMILES string of the molecule is CCOC(=O)c1cc(C)n(CC(=O)OCC(=O)c2c(N)n(CC(C)C)c(=O)n(C)c2=O)c1C. The number of anilines is 1. The van der Waals surface area contributed by atoms with Gasteiger partial charge in [-0.2, -0.15) is 0 Å². The van der Waals surface area contributed by atoms with E-state index in [0.717, 1.165) is 9.13 Å². The summed E-state index contributed by atoms with van der Waals surface area (Å²) in [5, 5.41) is 0. The average molecular weight is 463 g/mol. The minimum Gasteiger partial charge on any atom is -0.462 e. The Hall–Kier alpha value is -3.63. The van der Waals surface area contributed by atoms with Gasteiger partial charge in [-0.25, -0.2) is 9.59 Å². The van der Waals surface area contributed by atoms with Crippen molar-refractivity contribution in [3.8, 4) is 0 Å². The van der Waals surface area contributed by atoms with Crippen molar-refractivity contribution in [1.82, 2.24) is 13.7 Å². The first-order valence-electron chi connectivity index (χ1n) is 10.5. The van der Waals surface area contributed by atoms with Gasteiger partial charge >= 0.3 is 17.6 Å². The molecule has 33 heavy (non-hydrogen) atoms. The van der Waals surface area contributed by atoms with Crippen LogP contribution in [0.1, 0.15) is 52.9 Å². The predicted octanol–water partition coefficient (Wildman–Crippen LogP) is 0.806. The normalized spacial score (nSPS) is 11.0. The number of nitrogen functional groups attached to an aromatic ring is 1. The molecular formula is C22H30N4O7. The molecule has 2 aromatic heterocycles. The zero-order valence-electron chi connectivity index (χ0n) is 19.8. The minimum absolute atomic E-state index is 0.0378. The number of ether oxygens (including phenoxy) is 2. The minimum atomic E-state index is -0.852. The van der Waals surface area contributed by atoms with E-state index >= 15 is 0 Å². The van der Waals surface area contributed by atoms with Crippen molar-refractivity contribution in [2.24, 2.45) is 13.0 Å². The molecule has 2 aromatic rings. The molecule has 0 saturated carbocycles. The van der Waals surface area contributed by atoms with Gasteiger partial charge in [-0.3, -0.25) is 23.5 Å². The Kier molecular flexibility index (Phi) is 8.02. The molecule has 2 N–H and O–H groups in total. The highest BCUT2D eigenvalue weighted by atomic mass is 16.5. The monoisotopic (exact) mass is 462 g/mol. The Morgan fingerprint density at radius 2 is 1.73 bits per heavy atom. The Labute approximate surface area is 190 Å². The maximum Gasteiger partial charge on any atom is 0.339 e. The van der Waals surface area contributed by atoms with Crippen LogP contribution in [0.25, 0.3) is 0 Å². The summed E-state index contributed by atoms with van der Waals surface area (Å²) in [6, 6.07) is 1.61. The van der Waals surface area contributed by atoms with Gasteiger partial charge in [0.15, 0.2) is 6.61 Å². The van der Waals surface area contributed by atoms with E-state index < -0.39 is 41.1 Å². The standard InChI is InChI=1S/C22H30N4O7/c1-7-32-21(30)15-8-13(4)25(14(15)5)10-17(28)33-11-16(27)18-19(23)26(9-12(2)3)22(31)24(6)20(18)29/h8,12H,7,9-11,23H2,1-6H3. The second-order valence-electron chi connectivity index (χ2n) is 8.09. The lowest BCUT2D eigenvalue weighted by Crippen LogP contribution is -2.43. The van der Waals surface area contributed by atoms with Gasteiger partial charge in [0.25, 0.3) is 5.56 Å². The third-order valence-electron chi connectivity index (χ3n) is 5.13. The molecule has 0 atom stereocenters. The van der Waals surface area contributed by atoms with Gasteiger partial charge in [-0.15, -0.1) is 0 Å². The molecule has 0 bridgehead atoms. The molecule has 2 rings (SSSR count). The molecule has 2 heterocycles. The quantitative estimate of drug-likeness (QED) is 0.426. The summed E-state index contributed by atoms with van der Waals surface area (Å²) in [5.41, 5.74) is 5.58. The van der Waals surface area contributed by atoms with Crippen LogP contribution in [0, 0.1) is 19.8 Å². The largest absolute Gasteiger partial charge is 0.462 e. The summed E-state index contributed by atoms with van der Waals surface area (Å²) in [5.74, 6) is -2.27. The summed E-state index contributed by atoms with van der Waals surface area (Å²) >= 11 is 0. The van der Waals surface area contributed by atoms with Crippen molar-refractivity contribution in [2.45, 2.75) is 47.7 Å². The van der Waals surface area contributed by atoms with Crippen LogP contribution >= 0.6 is 0 Å². The summed E-state index contributed by atoms with van der Waals surface area (Å²) in [6.07, 6.45) is 0. The van der Waals surface area contributed by atoms with Crippen LogP contribution in [-0.2, 0) is 34.4 Å². The molecule has 0 fully saturated rings. The molecule has 0 spiro atoms. The van der Waals surface area contributed by atoms with Crippen LogP contribution < -0.4 is 17.0 Å². The molecule has 0 aliphatic carbocycles. The van der Waals surface area contributed by atoms with Gasteiger partial charge in [0.2, 0.25) is 5.78 Å². The number of esters is 2. The Morgan fingerprint density at radius 1 is 1.09 bits per heavy atom. The fourth-order valence-electron chi connectivity index (χ4n) is 3.44. The molecule has 0 amide bonds. The third kappa shape index (κ3) is 5.41. The van der Waals surface area contributed by atoms with Crippen molar-refractivity contribution in [2.75, 3.05) is 18.9 Å². The van der Waals surface area contributed by atoms with Crippen molar-refractivity contribution < 1.29 is 23.9 Å². The summed E-state index contributed by atoms with van der Waals surface area (Å²) in [4.78, 5) is 62.0. The second-order valence-corrected chi connectivity index (χ2v) is 8.09. The van der Waals surface area contributed by atoms with E-state index in [9.17, 15) is 24.0 Å². The molecule has 0 aliphatic heterocycles. The number of ketones is 1. The molecule has 0 unspecified atom stereocenters. The number of Topliss-reactive ketones (excluding diaryl/α,β-unsaturated/α-hetero) is 1. The number of aryl methyl sites for hydroxylation is 1. The van der Waals surface area contributed by atoms with E-state index in [1.165, 1.54) is 7.05 Å². The Morgan fingerprint density at radius 3 is 2.30 bits per heavy atom.